The molecule has 0 bridgehead atoms. The van der Waals surface area contributed by atoms with Crippen molar-refractivity contribution in [3.8, 4) is 0 Å². The van der Waals surface area contributed by atoms with Crippen molar-refractivity contribution in [2.75, 3.05) is 25.5 Å². The second kappa shape index (κ2) is 7.82. The predicted molar refractivity (Wildman–Crippen MR) is 94.2 cm³/mol. The summed E-state index contributed by atoms with van der Waals surface area (Å²) in [6.07, 6.45) is 6.07. The first kappa shape index (κ1) is 17.7. The van der Waals surface area contributed by atoms with Crippen LogP contribution in [0.1, 0.15) is 42.5 Å². The third kappa shape index (κ3) is 4.28. The fourth-order valence-corrected chi connectivity index (χ4v) is 3.77. The number of amides is 3. The fourth-order valence-electron chi connectivity index (χ4n) is 3.77. The van der Waals surface area contributed by atoms with Gasteiger partial charge in [-0.2, -0.15) is 0 Å². The average Bonchev–Trinajstić information content (AvgIpc) is 3.27. The molecule has 1 saturated carbocycles. The van der Waals surface area contributed by atoms with Gasteiger partial charge in [0.25, 0.3) is 5.91 Å². The molecular weight excluding hydrogens is 323 g/mol. The summed E-state index contributed by atoms with van der Waals surface area (Å²) in [5, 5.41) is 8.04. The van der Waals surface area contributed by atoms with Gasteiger partial charge in [-0.05, 0) is 37.5 Å². The summed E-state index contributed by atoms with van der Waals surface area (Å²) in [5.41, 5.74) is 0.303. The molecule has 3 amide bonds. The van der Waals surface area contributed by atoms with E-state index in [9.17, 15) is 14.0 Å². The van der Waals surface area contributed by atoms with E-state index in [0.29, 0.717) is 11.7 Å². The summed E-state index contributed by atoms with van der Waals surface area (Å²) in [6, 6.07) is 4.43. The average molecular weight is 348 g/mol. The number of halogens is 1. The van der Waals surface area contributed by atoms with E-state index in [1.165, 1.54) is 50.9 Å². The van der Waals surface area contributed by atoms with Gasteiger partial charge in [-0.1, -0.05) is 12.8 Å². The van der Waals surface area contributed by atoms with Crippen LogP contribution in [0.3, 0.4) is 0 Å². The van der Waals surface area contributed by atoms with Crippen molar-refractivity contribution in [1.29, 1.82) is 0 Å². The molecule has 0 unspecified atom stereocenters. The Morgan fingerprint density at radius 2 is 1.96 bits per heavy atom. The smallest absolute Gasteiger partial charge is 0.319 e. The first-order chi connectivity index (χ1) is 12.1. The maximum absolute atomic E-state index is 13.7. The quantitative estimate of drug-likeness (QED) is 0.782. The van der Waals surface area contributed by atoms with Crippen LogP contribution >= 0.6 is 0 Å². The van der Waals surface area contributed by atoms with E-state index in [4.69, 9.17) is 0 Å². The van der Waals surface area contributed by atoms with Gasteiger partial charge in [-0.15, -0.1) is 0 Å². The van der Waals surface area contributed by atoms with E-state index in [0.717, 1.165) is 19.5 Å². The molecule has 1 saturated heterocycles. The number of likely N-dealkylation sites (tertiary alicyclic amines) is 1. The molecule has 2 fully saturated rings. The van der Waals surface area contributed by atoms with Gasteiger partial charge in [0.05, 0.1) is 5.56 Å². The molecule has 6 nitrogen and oxygen atoms in total. The first-order valence-corrected chi connectivity index (χ1v) is 8.90. The van der Waals surface area contributed by atoms with Crippen LogP contribution in [0.15, 0.2) is 18.2 Å². The standard InChI is InChI=1S/C18H25FN4O2/c1-20-17(24)15-10-12(6-7-16(15)19)21-18(25)22-13-8-9-23(11-13)14-4-2-3-5-14/h6-7,10,13-14H,2-5,8-9,11H2,1H3,(H,20,24)(H2,21,22,25)/t13-/m1/s1. The van der Waals surface area contributed by atoms with Crippen molar-refractivity contribution in [2.45, 2.75) is 44.2 Å². The molecule has 1 aliphatic heterocycles. The molecule has 7 heteroatoms. The zero-order valence-electron chi connectivity index (χ0n) is 14.5. The normalized spacial score (nSPS) is 21.3. The highest BCUT2D eigenvalue weighted by atomic mass is 19.1. The summed E-state index contributed by atoms with van der Waals surface area (Å²) in [5.74, 6) is -1.14. The molecule has 1 atom stereocenters. The van der Waals surface area contributed by atoms with Gasteiger partial charge in [-0.25, -0.2) is 9.18 Å². The highest BCUT2D eigenvalue weighted by Crippen LogP contribution is 2.26. The minimum absolute atomic E-state index is 0.0893. The molecule has 0 radical (unpaired) electrons. The molecule has 1 aromatic carbocycles. The van der Waals surface area contributed by atoms with Crippen molar-refractivity contribution < 1.29 is 14.0 Å². The van der Waals surface area contributed by atoms with Crippen molar-refractivity contribution in [3.63, 3.8) is 0 Å². The molecule has 136 valence electrons. The summed E-state index contributed by atoms with van der Waals surface area (Å²) in [4.78, 5) is 26.3. The number of anilines is 1. The minimum Gasteiger partial charge on any atom is -0.355 e. The maximum Gasteiger partial charge on any atom is 0.319 e. The van der Waals surface area contributed by atoms with Crippen LogP contribution in [0.5, 0.6) is 0 Å². The van der Waals surface area contributed by atoms with Crippen molar-refractivity contribution in [3.05, 3.63) is 29.6 Å². The van der Waals surface area contributed by atoms with Gasteiger partial charge in [0, 0.05) is 37.9 Å². The Kier molecular flexibility index (Phi) is 5.53. The van der Waals surface area contributed by atoms with E-state index in [1.54, 1.807) is 0 Å². The largest absolute Gasteiger partial charge is 0.355 e. The summed E-state index contributed by atoms with van der Waals surface area (Å²) >= 11 is 0. The highest BCUT2D eigenvalue weighted by Gasteiger charge is 2.30. The van der Waals surface area contributed by atoms with Crippen LogP contribution in [0.25, 0.3) is 0 Å². The minimum atomic E-state index is -0.617. The Labute approximate surface area is 147 Å². The molecule has 0 spiro atoms. The van der Waals surface area contributed by atoms with E-state index in [-0.39, 0.29) is 17.6 Å². The van der Waals surface area contributed by atoms with Crippen LogP contribution in [0, 0.1) is 5.82 Å². The first-order valence-electron chi connectivity index (χ1n) is 8.90. The number of hydrogen-bond acceptors (Lipinski definition) is 3. The lowest BCUT2D eigenvalue weighted by Crippen LogP contribution is -2.41. The van der Waals surface area contributed by atoms with E-state index in [2.05, 4.69) is 20.9 Å². The van der Waals surface area contributed by atoms with E-state index < -0.39 is 11.7 Å². The van der Waals surface area contributed by atoms with Crippen LogP contribution in [0.4, 0.5) is 14.9 Å². The van der Waals surface area contributed by atoms with Gasteiger partial charge < -0.3 is 16.0 Å². The number of nitrogens with one attached hydrogen (secondary N) is 3. The maximum atomic E-state index is 13.7. The molecule has 1 aliphatic carbocycles. The SMILES string of the molecule is CNC(=O)c1cc(NC(=O)N[C@@H]2CCN(C3CCCC3)C2)ccc1F. The Morgan fingerprint density at radius 1 is 1.20 bits per heavy atom. The zero-order valence-corrected chi connectivity index (χ0v) is 14.5. The lowest BCUT2D eigenvalue weighted by Gasteiger charge is -2.23. The third-order valence-corrected chi connectivity index (χ3v) is 5.09. The van der Waals surface area contributed by atoms with Gasteiger partial charge in [-0.3, -0.25) is 9.69 Å². The molecule has 25 heavy (non-hydrogen) atoms. The third-order valence-electron chi connectivity index (χ3n) is 5.09. The van der Waals surface area contributed by atoms with Gasteiger partial charge >= 0.3 is 6.03 Å². The lowest BCUT2D eigenvalue weighted by atomic mass is 10.1. The number of rotatable bonds is 4. The highest BCUT2D eigenvalue weighted by molar-refractivity contribution is 5.97. The molecule has 3 rings (SSSR count). The molecule has 3 N–H and O–H groups in total. The van der Waals surface area contributed by atoms with Crippen LogP contribution < -0.4 is 16.0 Å². The Hall–Kier alpha value is -2.15. The van der Waals surface area contributed by atoms with E-state index >= 15 is 0 Å². The van der Waals surface area contributed by atoms with Crippen LogP contribution in [-0.2, 0) is 0 Å². The second-order valence-corrected chi connectivity index (χ2v) is 6.79. The Bertz CT molecular complexity index is 646. The summed E-state index contributed by atoms with van der Waals surface area (Å²) in [6.45, 7) is 1.90. The molecule has 0 aromatic heterocycles. The van der Waals surface area contributed by atoms with Crippen molar-refractivity contribution in [1.82, 2.24) is 15.5 Å². The number of hydrogen-bond donors (Lipinski definition) is 3. The number of nitrogens with zero attached hydrogens (tertiary/aromatic N) is 1. The second-order valence-electron chi connectivity index (χ2n) is 6.79. The fraction of sp³-hybridized carbons (Fsp3) is 0.556. The molecule has 1 heterocycles. The van der Waals surface area contributed by atoms with Crippen molar-refractivity contribution >= 4 is 17.6 Å². The van der Waals surface area contributed by atoms with E-state index in [1.807, 2.05) is 0 Å². The van der Waals surface area contributed by atoms with Crippen LogP contribution in [0.2, 0.25) is 0 Å². The number of benzene rings is 1. The Balaban J connectivity index is 1.53. The number of carbonyl (C=O) groups is 2. The van der Waals surface area contributed by atoms with Gasteiger partial charge in [0.2, 0.25) is 0 Å². The zero-order chi connectivity index (χ0) is 17.8. The van der Waals surface area contributed by atoms with Gasteiger partial charge in [0.15, 0.2) is 0 Å². The predicted octanol–water partition coefficient (Wildman–Crippen LogP) is 2.32. The number of urea groups is 1. The van der Waals surface area contributed by atoms with Gasteiger partial charge in [0.1, 0.15) is 5.82 Å². The topological polar surface area (TPSA) is 73.5 Å². The Morgan fingerprint density at radius 3 is 2.68 bits per heavy atom. The number of carbonyl (C=O) groups excluding carboxylic acids is 2. The monoisotopic (exact) mass is 348 g/mol. The van der Waals surface area contributed by atoms with Crippen LogP contribution in [-0.4, -0.2) is 49.1 Å². The summed E-state index contributed by atoms with van der Waals surface area (Å²) in [7, 11) is 1.44. The van der Waals surface area contributed by atoms with Crippen molar-refractivity contribution in [2.24, 2.45) is 0 Å². The molecular formula is C18H25FN4O2. The molecule has 2 aliphatic rings. The molecule has 1 aromatic rings. The summed E-state index contributed by atoms with van der Waals surface area (Å²) < 4.78 is 13.7. The lowest BCUT2D eigenvalue weighted by molar-refractivity contribution is 0.0959.